The number of hydrogen-bond acceptors (Lipinski definition) is 0. The van der Waals surface area contributed by atoms with Crippen LogP contribution in [0.25, 0.3) is 78.2 Å². The van der Waals surface area contributed by atoms with Crippen LogP contribution in [0.4, 0.5) is 0 Å². The highest BCUT2D eigenvalue weighted by Gasteiger charge is 2.18. The summed E-state index contributed by atoms with van der Waals surface area (Å²) in [5.74, 6) is 0. The van der Waals surface area contributed by atoms with Crippen LogP contribution in [0.5, 0.6) is 0 Å². The van der Waals surface area contributed by atoms with Crippen molar-refractivity contribution in [2.24, 2.45) is 0 Å². The highest BCUT2D eigenvalue weighted by molar-refractivity contribution is 6.37. The van der Waals surface area contributed by atoms with Gasteiger partial charge in [-0.25, -0.2) is 0 Å². The van der Waals surface area contributed by atoms with Crippen LogP contribution in [0.1, 0.15) is 22.3 Å². The standard InChI is InChI=1S/C38H24/c1-3-9-25(10-4-1)17-19-27-21-31-23-30-14-8-16-34-28(20-18-26-11-5-2-6-12-26)22-32-24-29-13-7-15-33(27)35(29)37(31)38(32)36(30)34/h1-24H/b19-17+,20-18+. The van der Waals surface area contributed by atoms with E-state index in [0.717, 1.165) is 0 Å². The minimum absolute atomic E-state index is 1.21. The lowest BCUT2D eigenvalue weighted by molar-refractivity contribution is 1.66. The fourth-order valence-corrected chi connectivity index (χ4v) is 6.22. The molecular formula is C38H24. The molecule has 0 aromatic heterocycles. The molecule has 0 saturated carbocycles. The Morgan fingerprint density at radius 1 is 0.316 bits per heavy atom. The van der Waals surface area contributed by atoms with Crippen molar-refractivity contribution in [3.63, 3.8) is 0 Å². The minimum Gasteiger partial charge on any atom is -0.0622 e. The van der Waals surface area contributed by atoms with Gasteiger partial charge in [-0.2, -0.15) is 0 Å². The quantitative estimate of drug-likeness (QED) is 0.133. The van der Waals surface area contributed by atoms with E-state index in [1.165, 1.54) is 76.1 Å². The molecule has 0 aliphatic carbocycles. The van der Waals surface area contributed by atoms with Crippen molar-refractivity contribution < 1.29 is 0 Å². The van der Waals surface area contributed by atoms with Gasteiger partial charge in [-0.1, -0.05) is 121 Å². The maximum Gasteiger partial charge on any atom is -0.00137 e. The summed E-state index contributed by atoms with van der Waals surface area (Å²) < 4.78 is 0. The third kappa shape index (κ3) is 3.24. The van der Waals surface area contributed by atoms with Gasteiger partial charge in [-0.05, 0) is 100 Å². The summed E-state index contributed by atoms with van der Waals surface area (Å²) in [6, 6.07) is 44.1. The molecule has 0 fully saturated rings. The van der Waals surface area contributed by atoms with Gasteiger partial charge < -0.3 is 0 Å². The maximum atomic E-state index is 2.39. The zero-order valence-corrected chi connectivity index (χ0v) is 20.9. The third-order valence-corrected chi connectivity index (χ3v) is 7.90. The van der Waals surface area contributed by atoms with Gasteiger partial charge >= 0.3 is 0 Å². The lowest BCUT2D eigenvalue weighted by atomic mass is 9.84. The van der Waals surface area contributed by atoms with E-state index in [9.17, 15) is 0 Å². The molecule has 38 heavy (non-hydrogen) atoms. The maximum absolute atomic E-state index is 2.39. The van der Waals surface area contributed by atoms with Gasteiger partial charge in [0.25, 0.3) is 0 Å². The molecule has 0 bridgehead atoms. The normalized spacial score (nSPS) is 12.5. The van der Waals surface area contributed by atoms with Crippen LogP contribution in [0.3, 0.4) is 0 Å². The molecule has 0 radical (unpaired) electrons. The summed E-state index contributed by atoms with van der Waals surface area (Å²) in [6.07, 6.45) is 8.98. The van der Waals surface area contributed by atoms with E-state index in [1.807, 2.05) is 0 Å². The van der Waals surface area contributed by atoms with Crippen LogP contribution in [-0.2, 0) is 0 Å². The Balaban J connectivity index is 1.44. The first-order valence-corrected chi connectivity index (χ1v) is 13.2. The molecule has 0 amide bonds. The zero-order chi connectivity index (χ0) is 25.1. The lowest BCUT2D eigenvalue weighted by Crippen LogP contribution is -1.92. The molecule has 8 aromatic rings. The van der Waals surface area contributed by atoms with Crippen molar-refractivity contribution in [3.8, 4) is 0 Å². The Hall–Kier alpha value is -4.94. The van der Waals surface area contributed by atoms with Gasteiger partial charge in [0, 0.05) is 0 Å². The zero-order valence-electron chi connectivity index (χ0n) is 20.9. The average Bonchev–Trinajstić information content (AvgIpc) is 2.97. The molecule has 0 aliphatic rings. The van der Waals surface area contributed by atoms with Crippen LogP contribution in [0.15, 0.2) is 121 Å². The van der Waals surface area contributed by atoms with Gasteiger partial charge in [-0.15, -0.1) is 0 Å². The first-order valence-electron chi connectivity index (χ1n) is 13.2. The fraction of sp³-hybridized carbons (Fsp3) is 0. The van der Waals surface area contributed by atoms with E-state index < -0.39 is 0 Å². The predicted octanol–water partition coefficient (Wildman–Crippen LogP) is 10.7. The Labute approximate surface area is 221 Å². The molecule has 176 valence electrons. The van der Waals surface area contributed by atoms with Crippen molar-refractivity contribution in [1.82, 2.24) is 0 Å². The topological polar surface area (TPSA) is 0 Å². The molecule has 0 unspecified atom stereocenters. The van der Waals surface area contributed by atoms with Crippen LogP contribution in [0, 0.1) is 0 Å². The van der Waals surface area contributed by atoms with Crippen LogP contribution >= 0.6 is 0 Å². The molecule has 0 aliphatic heterocycles. The van der Waals surface area contributed by atoms with Crippen molar-refractivity contribution in [1.29, 1.82) is 0 Å². The van der Waals surface area contributed by atoms with E-state index in [1.54, 1.807) is 0 Å². The van der Waals surface area contributed by atoms with E-state index >= 15 is 0 Å². The first-order chi connectivity index (χ1) is 18.8. The monoisotopic (exact) mass is 480 g/mol. The van der Waals surface area contributed by atoms with E-state index in [0.29, 0.717) is 0 Å². The van der Waals surface area contributed by atoms with Crippen molar-refractivity contribution >= 4 is 78.2 Å². The molecule has 0 atom stereocenters. The molecule has 0 heterocycles. The van der Waals surface area contributed by atoms with E-state index in [4.69, 9.17) is 0 Å². The van der Waals surface area contributed by atoms with Crippen LogP contribution in [-0.4, -0.2) is 0 Å². The van der Waals surface area contributed by atoms with Gasteiger partial charge in [0.1, 0.15) is 0 Å². The largest absolute Gasteiger partial charge is 0.0622 e. The summed E-state index contributed by atoms with van der Waals surface area (Å²) in [4.78, 5) is 0. The Morgan fingerprint density at radius 3 is 1.21 bits per heavy atom. The molecule has 0 saturated heterocycles. The smallest absolute Gasteiger partial charge is 0.00137 e. The molecular weight excluding hydrogens is 456 g/mol. The van der Waals surface area contributed by atoms with Gasteiger partial charge in [0.05, 0.1) is 0 Å². The van der Waals surface area contributed by atoms with E-state index in [2.05, 4.69) is 146 Å². The summed E-state index contributed by atoms with van der Waals surface area (Å²) in [7, 11) is 0. The third-order valence-electron chi connectivity index (χ3n) is 7.90. The number of benzene rings is 8. The number of hydrogen-bond donors (Lipinski definition) is 0. The molecule has 0 heteroatoms. The lowest BCUT2D eigenvalue weighted by Gasteiger charge is -2.19. The number of rotatable bonds is 4. The molecule has 0 N–H and O–H groups in total. The van der Waals surface area contributed by atoms with E-state index in [-0.39, 0.29) is 0 Å². The fourth-order valence-electron chi connectivity index (χ4n) is 6.22. The summed E-state index contributed by atoms with van der Waals surface area (Å²) in [5.41, 5.74) is 4.95. The predicted molar refractivity (Wildman–Crippen MR) is 167 cm³/mol. The highest BCUT2D eigenvalue weighted by Crippen LogP contribution is 2.45. The second-order valence-electron chi connectivity index (χ2n) is 10.2. The molecule has 0 spiro atoms. The second-order valence-corrected chi connectivity index (χ2v) is 10.2. The van der Waals surface area contributed by atoms with Crippen LogP contribution in [0.2, 0.25) is 0 Å². The average molecular weight is 481 g/mol. The summed E-state index contributed by atoms with van der Waals surface area (Å²) >= 11 is 0. The van der Waals surface area contributed by atoms with Gasteiger partial charge in [-0.3, -0.25) is 0 Å². The van der Waals surface area contributed by atoms with Gasteiger partial charge in [0.15, 0.2) is 0 Å². The first kappa shape index (κ1) is 21.2. The molecule has 8 rings (SSSR count). The van der Waals surface area contributed by atoms with Crippen LogP contribution < -0.4 is 0 Å². The second kappa shape index (κ2) is 8.30. The Bertz CT molecular complexity index is 1990. The Kier molecular flexibility index (Phi) is 4.62. The molecule has 8 aromatic carbocycles. The SMILES string of the molecule is C(=C\c1cc2cc3cccc4c(/C=C/c5ccccc5)cc5cc6cccc1c6c2c5c34)/c1ccccc1. The van der Waals surface area contributed by atoms with Gasteiger partial charge in [0.2, 0.25) is 0 Å². The highest BCUT2D eigenvalue weighted by atomic mass is 14.2. The summed E-state index contributed by atoms with van der Waals surface area (Å²) in [6.45, 7) is 0. The van der Waals surface area contributed by atoms with Crippen molar-refractivity contribution in [2.45, 2.75) is 0 Å². The summed E-state index contributed by atoms with van der Waals surface area (Å²) in [5, 5.41) is 13.3. The molecule has 0 nitrogen and oxygen atoms in total. The van der Waals surface area contributed by atoms with Crippen molar-refractivity contribution in [3.05, 3.63) is 144 Å². The van der Waals surface area contributed by atoms with Crippen molar-refractivity contribution in [2.75, 3.05) is 0 Å². The minimum atomic E-state index is 1.21. The Morgan fingerprint density at radius 2 is 0.763 bits per heavy atom.